The van der Waals surface area contributed by atoms with Gasteiger partial charge in [0.25, 0.3) is 0 Å². The van der Waals surface area contributed by atoms with Crippen molar-refractivity contribution >= 4 is 12.0 Å². The van der Waals surface area contributed by atoms with Gasteiger partial charge < -0.3 is 15.7 Å². The highest BCUT2D eigenvalue weighted by atomic mass is 16.4. The third-order valence-electron chi connectivity index (χ3n) is 3.73. The van der Waals surface area contributed by atoms with Crippen LogP contribution in [0.1, 0.15) is 39.2 Å². The molecule has 0 aliphatic carbocycles. The zero-order valence-electron chi connectivity index (χ0n) is 12.8. The molecular formula is C16H24N2O3. The Kier molecular flexibility index (Phi) is 6.21. The van der Waals surface area contributed by atoms with Crippen molar-refractivity contribution in [3.05, 3.63) is 35.9 Å². The summed E-state index contributed by atoms with van der Waals surface area (Å²) in [5.41, 5.74) is -0.0721. The van der Waals surface area contributed by atoms with Gasteiger partial charge in [-0.15, -0.1) is 0 Å². The van der Waals surface area contributed by atoms with Crippen molar-refractivity contribution in [3.8, 4) is 0 Å². The third kappa shape index (κ3) is 4.77. The van der Waals surface area contributed by atoms with Gasteiger partial charge in [-0.05, 0) is 31.7 Å². The smallest absolute Gasteiger partial charge is 0.329 e. The zero-order chi connectivity index (χ0) is 15.9. The number of carboxylic acids is 1. The van der Waals surface area contributed by atoms with Crippen molar-refractivity contribution < 1.29 is 14.7 Å². The lowest BCUT2D eigenvalue weighted by Gasteiger charge is -2.29. The van der Waals surface area contributed by atoms with E-state index in [0.29, 0.717) is 19.3 Å². The predicted molar refractivity (Wildman–Crippen MR) is 82.2 cm³/mol. The molecule has 5 heteroatoms. The van der Waals surface area contributed by atoms with Crippen LogP contribution in [0.25, 0.3) is 0 Å². The minimum atomic E-state index is -1.20. The molecule has 1 rings (SSSR count). The lowest BCUT2D eigenvalue weighted by Crippen LogP contribution is -2.57. The summed E-state index contributed by atoms with van der Waals surface area (Å²) in [4.78, 5) is 23.3. The Morgan fingerprint density at radius 1 is 1.19 bits per heavy atom. The molecular weight excluding hydrogens is 268 g/mol. The number of urea groups is 1. The number of nitrogens with one attached hydrogen (secondary N) is 2. The number of aliphatic carboxylic acids is 1. The molecule has 5 nitrogen and oxygen atoms in total. The van der Waals surface area contributed by atoms with Crippen molar-refractivity contribution in [2.45, 2.75) is 51.6 Å². The van der Waals surface area contributed by atoms with E-state index in [-0.39, 0.29) is 6.04 Å². The number of carboxylic acid groups (broad SMARTS) is 1. The molecule has 0 aliphatic heterocycles. The molecule has 1 atom stereocenters. The van der Waals surface area contributed by atoms with Crippen molar-refractivity contribution in [1.29, 1.82) is 0 Å². The third-order valence-corrected chi connectivity index (χ3v) is 3.73. The molecule has 0 aliphatic rings. The van der Waals surface area contributed by atoms with Gasteiger partial charge in [0.2, 0.25) is 0 Å². The second-order valence-electron chi connectivity index (χ2n) is 5.28. The second kappa shape index (κ2) is 7.67. The van der Waals surface area contributed by atoms with E-state index in [1.54, 1.807) is 13.8 Å². The van der Waals surface area contributed by atoms with Crippen LogP contribution in [0.2, 0.25) is 0 Å². The summed E-state index contributed by atoms with van der Waals surface area (Å²) in [6, 6.07) is 9.32. The highest BCUT2D eigenvalue weighted by Gasteiger charge is 2.36. The highest BCUT2D eigenvalue weighted by molar-refractivity contribution is 5.86. The molecule has 2 amide bonds. The van der Waals surface area contributed by atoms with Gasteiger partial charge >= 0.3 is 12.0 Å². The van der Waals surface area contributed by atoms with Crippen molar-refractivity contribution in [2.24, 2.45) is 0 Å². The number of hydrogen-bond donors (Lipinski definition) is 3. The molecule has 0 aromatic heterocycles. The summed E-state index contributed by atoms with van der Waals surface area (Å²) in [6.07, 6.45) is 1.39. The molecule has 0 bridgehead atoms. The molecule has 0 heterocycles. The SMILES string of the molecule is CCC(CC)(NC(=O)NC(C)Cc1ccccc1)C(=O)O. The topological polar surface area (TPSA) is 78.4 Å². The van der Waals surface area contributed by atoms with Crippen molar-refractivity contribution in [1.82, 2.24) is 10.6 Å². The van der Waals surface area contributed by atoms with E-state index in [0.717, 1.165) is 5.56 Å². The van der Waals surface area contributed by atoms with Gasteiger partial charge in [0, 0.05) is 6.04 Å². The van der Waals surface area contributed by atoms with Crippen LogP contribution in [0.15, 0.2) is 30.3 Å². The zero-order valence-corrected chi connectivity index (χ0v) is 12.8. The van der Waals surface area contributed by atoms with Crippen LogP contribution >= 0.6 is 0 Å². The minimum Gasteiger partial charge on any atom is -0.480 e. The molecule has 0 saturated heterocycles. The summed E-state index contributed by atoms with van der Waals surface area (Å²) in [6.45, 7) is 5.41. The Balaban J connectivity index is 2.58. The molecule has 1 aromatic rings. The molecule has 0 fully saturated rings. The number of carbonyl (C=O) groups excluding carboxylic acids is 1. The number of amides is 2. The molecule has 3 N–H and O–H groups in total. The van der Waals surface area contributed by atoms with Gasteiger partial charge in [-0.2, -0.15) is 0 Å². The lowest BCUT2D eigenvalue weighted by atomic mass is 9.93. The molecule has 1 aromatic carbocycles. The molecule has 116 valence electrons. The average Bonchev–Trinajstić information content (AvgIpc) is 2.45. The van der Waals surface area contributed by atoms with Gasteiger partial charge in [-0.1, -0.05) is 44.2 Å². The molecule has 21 heavy (non-hydrogen) atoms. The van der Waals surface area contributed by atoms with E-state index in [2.05, 4.69) is 10.6 Å². The first-order chi connectivity index (χ1) is 9.93. The van der Waals surface area contributed by atoms with Crippen molar-refractivity contribution in [2.75, 3.05) is 0 Å². The monoisotopic (exact) mass is 292 g/mol. The van der Waals surface area contributed by atoms with Crippen LogP contribution in [0.3, 0.4) is 0 Å². The van der Waals surface area contributed by atoms with E-state index in [4.69, 9.17) is 0 Å². The Labute approximate surface area is 125 Å². The predicted octanol–water partition coefficient (Wildman–Crippen LogP) is 2.56. The lowest BCUT2D eigenvalue weighted by molar-refractivity contribution is -0.144. The van der Waals surface area contributed by atoms with Crippen LogP contribution < -0.4 is 10.6 Å². The maximum Gasteiger partial charge on any atom is 0.329 e. The summed E-state index contributed by atoms with van der Waals surface area (Å²) in [7, 11) is 0. The Morgan fingerprint density at radius 3 is 2.24 bits per heavy atom. The highest BCUT2D eigenvalue weighted by Crippen LogP contribution is 2.15. The Morgan fingerprint density at radius 2 is 1.76 bits per heavy atom. The van der Waals surface area contributed by atoms with E-state index >= 15 is 0 Å². The first kappa shape index (κ1) is 17.0. The standard InChI is InChI=1S/C16H24N2O3/c1-4-16(5-2,14(19)20)18-15(21)17-12(3)11-13-9-7-6-8-10-13/h6-10,12H,4-5,11H2,1-3H3,(H,19,20)(H2,17,18,21). The average molecular weight is 292 g/mol. The van der Waals surface area contributed by atoms with Crippen LogP contribution in [0.5, 0.6) is 0 Å². The maximum absolute atomic E-state index is 12.0. The Bertz CT molecular complexity index is 470. The molecule has 0 radical (unpaired) electrons. The fraction of sp³-hybridized carbons (Fsp3) is 0.500. The summed E-state index contributed by atoms with van der Waals surface area (Å²) >= 11 is 0. The van der Waals surface area contributed by atoms with Gasteiger partial charge in [-0.25, -0.2) is 9.59 Å². The number of rotatable bonds is 7. The summed E-state index contributed by atoms with van der Waals surface area (Å²) < 4.78 is 0. The van der Waals surface area contributed by atoms with E-state index in [1.165, 1.54) is 0 Å². The fourth-order valence-corrected chi connectivity index (χ4v) is 2.28. The first-order valence-corrected chi connectivity index (χ1v) is 7.29. The molecule has 0 spiro atoms. The molecule has 0 saturated carbocycles. The second-order valence-corrected chi connectivity index (χ2v) is 5.28. The van der Waals surface area contributed by atoms with E-state index < -0.39 is 17.5 Å². The first-order valence-electron chi connectivity index (χ1n) is 7.29. The van der Waals surface area contributed by atoms with Crippen LogP contribution in [-0.4, -0.2) is 28.7 Å². The van der Waals surface area contributed by atoms with Gasteiger partial charge in [0.15, 0.2) is 0 Å². The minimum absolute atomic E-state index is 0.0763. The van der Waals surface area contributed by atoms with Crippen LogP contribution in [0, 0.1) is 0 Å². The summed E-state index contributed by atoms with van der Waals surface area (Å²) in [5, 5.41) is 14.7. The quantitative estimate of drug-likeness (QED) is 0.722. The van der Waals surface area contributed by atoms with Gasteiger partial charge in [0.05, 0.1) is 0 Å². The largest absolute Gasteiger partial charge is 0.480 e. The van der Waals surface area contributed by atoms with E-state index in [9.17, 15) is 14.7 Å². The van der Waals surface area contributed by atoms with Crippen LogP contribution in [-0.2, 0) is 11.2 Å². The normalized spacial score (nSPS) is 12.5. The number of hydrogen-bond acceptors (Lipinski definition) is 2. The fourth-order valence-electron chi connectivity index (χ4n) is 2.28. The van der Waals surface area contributed by atoms with E-state index in [1.807, 2.05) is 37.3 Å². The number of carbonyl (C=O) groups is 2. The van der Waals surface area contributed by atoms with Gasteiger partial charge in [0.1, 0.15) is 5.54 Å². The Hall–Kier alpha value is -2.04. The summed E-state index contributed by atoms with van der Waals surface area (Å²) in [5.74, 6) is -1.00. The number of benzene rings is 1. The maximum atomic E-state index is 12.0. The van der Waals surface area contributed by atoms with Crippen molar-refractivity contribution in [3.63, 3.8) is 0 Å². The molecule has 1 unspecified atom stereocenters. The van der Waals surface area contributed by atoms with Crippen LogP contribution in [0.4, 0.5) is 4.79 Å². The van der Waals surface area contributed by atoms with Gasteiger partial charge in [-0.3, -0.25) is 0 Å².